The third-order valence-corrected chi connectivity index (χ3v) is 17.8. The first kappa shape index (κ1) is 35.2. The van der Waals surface area contributed by atoms with Gasteiger partial charge in [0.15, 0.2) is 0 Å². The van der Waals surface area contributed by atoms with Gasteiger partial charge in [-0.2, -0.15) is 0 Å². The van der Waals surface area contributed by atoms with Gasteiger partial charge in [0.25, 0.3) is 0 Å². The highest BCUT2D eigenvalue weighted by Crippen LogP contribution is 2.68. The third-order valence-electron chi connectivity index (χ3n) is 17.8. The van der Waals surface area contributed by atoms with Crippen LogP contribution in [0.3, 0.4) is 0 Å². The van der Waals surface area contributed by atoms with Crippen LogP contribution in [0.15, 0.2) is 11.6 Å². The van der Waals surface area contributed by atoms with E-state index >= 15 is 0 Å². The average molecular weight is 665 g/mol. The maximum Gasteiger partial charge on any atom is 0.302 e. The Bertz CT molecular complexity index is 1290. The molecule has 0 aromatic carbocycles. The average Bonchev–Trinajstić information content (AvgIpc) is 3.54. The van der Waals surface area contributed by atoms with Crippen molar-refractivity contribution < 1.29 is 24.5 Å². The molecule has 0 unspecified atom stereocenters. The minimum atomic E-state index is -0.274. The van der Waals surface area contributed by atoms with Gasteiger partial charge in [-0.05, 0) is 160 Å². The van der Waals surface area contributed by atoms with E-state index in [-0.39, 0.29) is 35.1 Å². The number of rotatable bonds is 1. The largest absolute Gasteiger partial charge is 0.462 e. The van der Waals surface area contributed by atoms with Crippen molar-refractivity contribution in [1.29, 1.82) is 0 Å². The molecule has 8 fully saturated rings. The molecule has 0 aliphatic heterocycles. The number of fused-ring (bicyclic) bond motifs is 10. The molecule has 0 aromatic rings. The normalized spacial score (nSPS) is 54.8. The second kappa shape index (κ2) is 12.5. The van der Waals surface area contributed by atoms with Crippen molar-refractivity contribution in [3.8, 4) is 0 Å². The van der Waals surface area contributed by atoms with E-state index in [2.05, 4.69) is 47.6 Å². The van der Waals surface area contributed by atoms with Crippen molar-refractivity contribution in [2.24, 2.45) is 74.9 Å². The van der Waals surface area contributed by atoms with Crippen molar-refractivity contribution >= 4 is 11.8 Å². The molecule has 8 saturated carbocycles. The van der Waals surface area contributed by atoms with Crippen LogP contribution in [0.25, 0.3) is 0 Å². The summed E-state index contributed by atoms with van der Waals surface area (Å²) in [5.74, 6) is 5.64. The molecule has 48 heavy (non-hydrogen) atoms. The highest BCUT2D eigenvalue weighted by atomic mass is 16.5. The standard InChI is InChI=1S/C24H38O2.C19H30O3/c1-6-17-7-8-19-22-20(10-12-23(17,19)4)24(5)11-9-15(2)13-18(24)14-21(22)26-16(3)25;1-18-7-5-12(20)9-11(18)10-15(21)17-13-3-4-16(22)19(13,2)8-6-14(17)18/h6,15,18-22H,7-14H2,1-5H3;11-15,17,20-21H,3-10H2,1-2H3/b17-6-;/t15-,18+,19+,20+,21-,22+,23-,24+;11-,12+,13-,14-,15+,17-,18-,19-/m10/s1. The first-order valence-electron chi connectivity index (χ1n) is 20.4. The molecule has 0 radical (unpaired) electrons. The monoisotopic (exact) mass is 665 g/mol. The van der Waals surface area contributed by atoms with Crippen LogP contribution in [0, 0.1) is 74.9 Å². The van der Waals surface area contributed by atoms with Crippen molar-refractivity contribution in [2.45, 2.75) is 170 Å². The van der Waals surface area contributed by atoms with Crippen LogP contribution in [0.2, 0.25) is 0 Å². The number of ether oxygens (including phenoxy) is 1. The Balaban J connectivity index is 0.000000154. The van der Waals surface area contributed by atoms with Crippen LogP contribution in [0.5, 0.6) is 0 Å². The predicted octanol–water partition coefficient (Wildman–Crippen LogP) is 9.08. The first-order chi connectivity index (χ1) is 22.7. The summed E-state index contributed by atoms with van der Waals surface area (Å²) in [7, 11) is 0. The number of aliphatic hydroxyl groups excluding tert-OH is 2. The molecule has 0 amide bonds. The van der Waals surface area contributed by atoms with E-state index in [9.17, 15) is 19.8 Å². The molecule has 5 heteroatoms. The molecular weight excluding hydrogens is 596 g/mol. The number of aliphatic hydroxyl groups is 2. The van der Waals surface area contributed by atoms with Gasteiger partial charge in [-0.3, -0.25) is 9.59 Å². The summed E-state index contributed by atoms with van der Waals surface area (Å²) in [4.78, 5) is 24.4. The molecule has 5 nitrogen and oxygen atoms in total. The topological polar surface area (TPSA) is 83.8 Å². The van der Waals surface area contributed by atoms with Gasteiger partial charge in [0.05, 0.1) is 12.2 Å². The Morgan fingerprint density at radius 1 is 0.729 bits per heavy atom. The SMILES string of the molecule is C/C=C1/CC[C@H]2[C@@H]3[C@H](OC(C)=O)C[C@@H]4C[C@H](C)CC[C@]4(C)[C@H]3CC[C@]12C.C[C@]12CC[C@@H](O)C[C@H]1C[C@@H](O)[C@@H]1[C@@H]2CC[C@]2(C)C(=O)CC[C@@H]12. The summed E-state index contributed by atoms with van der Waals surface area (Å²) in [6.45, 7) is 15.9. The van der Waals surface area contributed by atoms with Gasteiger partial charge in [0.2, 0.25) is 0 Å². The van der Waals surface area contributed by atoms with Crippen LogP contribution in [0.4, 0.5) is 0 Å². The molecule has 270 valence electrons. The molecule has 0 spiro atoms. The number of Topliss-reactive ketones (excluding diaryl/α,β-unsaturated/α-hetero) is 1. The Morgan fingerprint density at radius 3 is 2.02 bits per heavy atom. The molecule has 0 aromatic heterocycles. The quantitative estimate of drug-likeness (QED) is 0.216. The zero-order chi connectivity index (χ0) is 34.4. The lowest BCUT2D eigenvalue weighted by atomic mass is 9.44. The minimum Gasteiger partial charge on any atom is -0.462 e. The Hall–Kier alpha value is -1.20. The summed E-state index contributed by atoms with van der Waals surface area (Å²) in [5.41, 5.74) is 2.58. The molecule has 8 aliphatic carbocycles. The van der Waals surface area contributed by atoms with Crippen molar-refractivity contribution in [3.05, 3.63) is 11.6 Å². The summed E-state index contributed by atoms with van der Waals surface area (Å²) in [6.07, 6.45) is 20.0. The fraction of sp³-hybridized carbons (Fsp3) is 0.907. The van der Waals surface area contributed by atoms with Crippen LogP contribution in [-0.2, 0) is 14.3 Å². The van der Waals surface area contributed by atoms with E-state index in [1.54, 1.807) is 12.5 Å². The van der Waals surface area contributed by atoms with Crippen molar-refractivity contribution in [2.75, 3.05) is 0 Å². The van der Waals surface area contributed by atoms with Crippen LogP contribution < -0.4 is 0 Å². The van der Waals surface area contributed by atoms with Gasteiger partial charge in [0, 0.05) is 24.7 Å². The highest BCUT2D eigenvalue weighted by molar-refractivity contribution is 5.87. The maximum atomic E-state index is 12.4. The van der Waals surface area contributed by atoms with E-state index < -0.39 is 0 Å². The number of carbonyl (C=O) groups is 2. The van der Waals surface area contributed by atoms with Gasteiger partial charge < -0.3 is 14.9 Å². The number of hydrogen-bond acceptors (Lipinski definition) is 5. The lowest BCUT2D eigenvalue weighted by molar-refractivity contribution is -0.186. The van der Waals surface area contributed by atoms with Crippen LogP contribution in [-0.4, -0.2) is 40.3 Å². The summed E-state index contributed by atoms with van der Waals surface area (Å²) in [5, 5.41) is 20.9. The molecule has 8 rings (SSSR count). The van der Waals surface area contributed by atoms with E-state index in [1.165, 1.54) is 44.9 Å². The van der Waals surface area contributed by atoms with Gasteiger partial charge in [-0.1, -0.05) is 52.7 Å². The van der Waals surface area contributed by atoms with Crippen molar-refractivity contribution in [3.63, 3.8) is 0 Å². The van der Waals surface area contributed by atoms with E-state index in [0.29, 0.717) is 52.1 Å². The molecule has 0 heterocycles. The van der Waals surface area contributed by atoms with Gasteiger partial charge in [-0.25, -0.2) is 0 Å². The van der Waals surface area contributed by atoms with E-state index in [4.69, 9.17) is 4.74 Å². The first-order valence-corrected chi connectivity index (χ1v) is 20.4. The van der Waals surface area contributed by atoms with E-state index in [0.717, 1.165) is 75.5 Å². The predicted molar refractivity (Wildman–Crippen MR) is 190 cm³/mol. The minimum absolute atomic E-state index is 0.0715. The molecule has 16 atom stereocenters. The molecule has 0 bridgehead atoms. The zero-order valence-electron chi connectivity index (χ0n) is 31.4. The van der Waals surface area contributed by atoms with Gasteiger partial charge in [0.1, 0.15) is 11.9 Å². The lowest BCUT2D eigenvalue weighted by Gasteiger charge is -2.62. The molecule has 0 saturated heterocycles. The van der Waals surface area contributed by atoms with Crippen molar-refractivity contribution in [1.82, 2.24) is 0 Å². The highest BCUT2D eigenvalue weighted by Gasteiger charge is 2.64. The lowest BCUT2D eigenvalue weighted by Crippen LogP contribution is -2.58. The molecular formula is C43H68O5. The molecule has 8 aliphatic rings. The summed E-state index contributed by atoms with van der Waals surface area (Å²) < 4.78 is 6.05. The van der Waals surface area contributed by atoms with Gasteiger partial charge >= 0.3 is 5.97 Å². The Kier molecular flexibility index (Phi) is 9.16. The van der Waals surface area contributed by atoms with Gasteiger partial charge in [-0.15, -0.1) is 0 Å². The number of allylic oxidation sites excluding steroid dienone is 2. The smallest absolute Gasteiger partial charge is 0.302 e. The summed E-state index contributed by atoms with van der Waals surface area (Å²) >= 11 is 0. The number of esters is 1. The van der Waals surface area contributed by atoms with Crippen LogP contribution in [0.1, 0.15) is 151 Å². The van der Waals surface area contributed by atoms with Crippen LogP contribution >= 0.6 is 0 Å². The maximum absolute atomic E-state index is 12.4. The summed E-state index contributed by atoms with van der Waals surface area (Å²) in [6, 6.07) is 0. The fourth-order valence-electron chi connectivity index (χ4n) is 15.0. The number of hydrogen-bond donors (Lipinski definition) is 2. The fourth-order valence-corrected chi connectivity index (χ4v) is 15.0. The Labute approximate surface area is 291 Å². The second-order valence-electron chi connectivity index (χ2n) is 19.7. The molecule has 2 N–H and O–H groups in total. The Morgan fingerprint density at radius 2 is 1.33 bits per heavy atom. The zero-order valence-corrected chi connectivity index (χ0v) is 31.4. The second-order valence-corrected chi connectivity index (χ2v) is 19.7. The number of carbonyl (C=O) groups excluding carboxylic acids is 2. The number of ketones is 1. The third kappa shape index (κ3) is 5.35. The van der Waals surface area contributed by atoms with E-state index in [1.807, 2.05) is 0 Å².